The van der Waals surface area contributed by atoms with Gasteiger partial charge in [0.05, 0.1) is 13.7 Å². The highest BCUT2D eigenvalue weighted by Crippen LogP contribution is 2.26. The van der Waals surface area contributed by atoms with Crippen LogP contribution < -0.4 is 15.2 Å². The molecule has 0 saturated carbocycles. The molecule has 1 saturated heterocycles. The highest BCUT2D eigenvalue weighted by atomic mass is 16.5. The molecule has 1 aliphatic heterocycles. The molecule has 2 aromatic heterocycles. The van der Waals surface area contributed by atoms with Gasteiger partial charge in [0.2, 0.25) is 0 Å². The number of ether oxygens (including phenoxy) is 2. The number of likely N-dealkylation sites (N-methyl/N-ethyl adjacent to an activating group) is 1. The number of fused-ring (bicyclic) bond motifs is 1. The minimum absolute atomic E-state index is 0.298. The summed E-state index contributed by atoms with van der Waals surface area (Å²) in [7, 11) is 3.85. The lowest BCUT2D eigenvalue weighted by Gasteiger charge is -2.40. The van der Waals surface area contributed by atoms with Crippen LogP contribution in [0.15, 0.2) is 24.3 Å². The summed E-state index contributed by atoms with van der Waals surface area (Å²) in [5, 5.41) is 0. The maximum Gasteiger partial charge on any atom is 0.320 e. The first kappa shape index (κ1) is 27.1. The fourth-order valence-electron chi connectivity index (χ4n) is 5.08. The topological polar surface area (TPSA) is 94.6 Å². The van der Waals surface area contributed by atoms with Crippen LogP contribution in [-0.2, 0) is 19.4 Å². The van der Waals surface area contributed by atoms with Crippen molar-refractivity contribution in [3.8, 4) is 12.0 Å². The van der Waals surface area contributed by atoms with E-state index >= 15 is 0 Å². The molecule has 1 aromatic carbocycles. The lowest BCUT2D eigenvalue weighted by molar-refractivity contribution is 0.0876. The van der Waals surface area contributed by atoms with Crippen molar-refractivity contribution < 1.29 is 9.47 Å². The molecule has 1 aliphatic rings. The maximum absolute atomic E-state index is 6.20. The third-order valence-electron chi connectivity index (χ3n) is 7.15. The van der Waals surface area contributed by atoms with Crippen LogP contribution in [0.2, 0.25) is 0 Å². The number of benzene rings is 1. The van der Waals surface area contributed by atoms with Crippen molar-refractivity contribution in [1.82, 2.24) is 29.3 Å². The van der Waals surface area contributed by atoms with Crippen LogP contribution in [0.5, 0.6) is 12.0 Å². The number of nitrogens with zero attached hydrogens (tertiary/aromatic N) is 6. The zero-order valence-electron chi connectivity index (χ0n) is 22.9. The van der Waals surface area contributed by atoms with Gasteiger partial charge in [0, 0.05) is 38.8 Å². The molecule has 3 aromatic rings. The van der Waals surface area contributed by atoms with Crippen LogP contribution in [0, 0.1) is 0 Å². The molecule has 1 fully saturated rings. The lowest BCUT2D eigenvalue weighted by Crippen LogP contribution is -2.53. The third-order valence-corrected chi connectivity index (χ3v) is 7.15. The first-order valence-electron chi connectivity index (χ1n) is 13.7. The second-order valence-electron chi connectivity index (χ2n) is 10.1. The average molecular weight is 510 g/mol. The Kier molecular flexibility index (Phi) is 9.57. The number of aryl methyl sites for hydroxylation is 2. The molecule has 4 rings (SSSR count). The average Bonchev–Trinajstić information content (AvgIpc) is 3.25. The van der Waals surface area contributed by atoms with Crippen LogP contribution in [-0.4, -0.2) is 82.3 Å². The largest absolute Gasteiger partial charge is 0.468 e. The number of imidazole rings is 1. The molecule has 37 heavy (non-hydrogen) atoms. The molecule has 0 amide bonds. The van der Waals surface area contributed by atoms with E-state index in [2.05, 4.69) is 69.9 Å². The Bertz CT molecular complexity index is 1130. The van der Waals surface area contributed by atoms with Crippen molar-refractivity contribution in [2.24, 2.45) is 0 Å². The lowest BCUT2D eigenvalue weighted by atomic mass is 10.00. The molecule has 0 radical (unpaired) electrons. The summed E-state index contributed by atoms with van der Waals surface area (Å²) in [5.41, 5.74) is 10.3. The summed E-state index contributed by atoms with van der Waals surface area (Å²) in [4.78, 5) is 18.5. The van der Waals surface area contributed by atoms with E-state index in [-0.39, 0.29) is 0 Å². The van der Waals surface area contributed by atoms with Gasteiger partial charge in [-0.1, -0.05) is 51.0 Å². The monoisotopic (exact) mass is 509 g/mol. The number of hydrogen-bond donors (Lipinski definition) is 1. The standard InChI is InChI=1S/C28H43N7O2/c1-5-7-18-37-27-31-25(29)24-26(32-27)35(28(30-24)36-4)15-8-14-34-17-16-33(3)20-23(34)19-22-12-10-21(9-6-2)11-13-22/h10-13,23H,5-9,14-20H2,1-4H3,(H2,29,31,32). The van der Waals surface area contributed by atoms with Crippen LogP contribution in [0.25, 0.3) is 11.2 Å². The summed E-state index contributed by atoms with van der Waals surface area (Å²) < 4.78 is 13.3. The van der Waals surface area contributed by atoms with Gasteiger partial charge in [0.15, 0.2) is 17.0 Å². The Morgan fingerprint density at radius 2 is 1.76 bits per heavy atom. The van der Waals surface area contributed by atoms with Gasteiger partial charge in [-0.25, -0.2) is 0 Å². The van der Waals surface area contributed by atoms with Crippen LogP contribution >= 0.6 is 0 Å². The van der Waals surface area contributed by atoms with E-state index in [1.165, 1.54) is 17.5 Å². The normalized spacial score (nSPS) is 16.9. The van der Waals surface area contributed by atoms with Crippen molar-refractivity contribution in [2.75, 3.05) is 52.7 Å². The smallest absolute Gasteiger partial charge is 0.320 e. The Morgan fingerprint density at radius 1 is 0.973 bits per heavy atom. The van der Waals surface area contributed by atoms with Crippen molar-refractivity contribution in [3.63, 3.8) is 0 Å². The van der Waals surface area contributed by atoms with E-state index in [1.54, 1.807) is 7.11 Å². The number of piperazine rings is 1. The van der Waals surface area contributed by atoms with Gasteiger partial charge in [-0.2, -0.15) is 15.0 Å². The zero-order valence-corrected chi connectivity index (χ0v) is 22.9. The molecule has 1 unspecified atom stereocenters. The van der Waals surface area contributed by atoms with Crippen LogP contribution in [0.1, 0.15) is 50.7 Å². The van der Waals surface area contributed by atoms with E-state index in [0.717, 1.165) is 64.8 Å². The fraction of sp³-hybridized carbons (Fsp3) is 0.607. The Balaban J connectivity index is 1.44. The van der Waals surface area contributed by atoms with Crippen LogP contribution in [0.4, 0.5) is 5.82 Å². The summed E-state index contributed by atoms with van der Waals surface area (Å²) in [6, 6.07) is 10.5. The SMILES string of the molecule is CCCCOc1nc(N)c2nc(OC)n(CCCN3CCN(C)CC3Cc3ccc(CCC)cc3)c2n1. The highest BCUT2D eigenvalue weighted by Gasteiger charge is 2.25. The molecule has 202 valence electrons. The third kappa shape index (κ3) is 6.90. The molecule has 1 atom stereocenters. The van der Waals surface area contributed by atoms with Crippen molar-refractivity contribution in [1.29, 1.82) is 0 Å². The number of nitrogen functional groups attached to an aromatic ring is 1. The zero-order chi connectivity index (χ0) is 26.2. The number of rotatable bonds is 13. The second kappa shape index (κ2) is 13.1. The summed E-state index contributed by atoms with van der Waals surface area (Å²) in [6.07, 6.45) is 6.33. The van der Waals surface area contributed by atoms with E-state index < -0.39 is 0 Å². The van der Waals surface area contributed by atoms with E-state index in [0.29, 0.717) is 41.7 Å². The number of aromatic nitrogens is 4. The number of methoxy groups -OCH3 is 1. The maximum atomic E-state index is 6.20. The minimum Gasteiger partial charge on any atom is -0.468 e. The molecule has 3 heterocycles. The van der Waals surface area contributed by atoms with Crippen molar-refractivity contribution in [3.05, 3.63) is 35.4 Å². The van der Waals surface area contributed by atoms with E-state index in [4.69, 9.17) is 15.2 Å². The molecule has 9 nitrogen and oxygen atoms in total. The molecule has 0 spiro atoms. The minimum atomic E-state index is 0.298. The van der Waals surface area contributed by atoms with Crippen molar-refractivity contribution >= 4 is 17.0 Å². The van der Waals surface area contributed by atoms with Gasteiger partial charge in [0.25, 0.3) is 6.01 Å². The second-order valence-corrected chi connectivity index (χ2v) is 10.1. The first-order chi connectivity index (χ1) is 18.0. The highest BCUT2D eigenvalue weighted by molar-refractivity contribution is 5.83. The molecule has 0 bridgehead atoms. The fourth-order valence-corrected chi connectivity index (χ4v) is 5.08. The molecular formula is C28H43N7O2. The van der Waals surface area contributed by atoms with Gasteiger partial charge in [-0.15, -0.1) is 0 Å². The van der Waals surface area contributed by atoms with E-state index in [9.17, 15) is 0 Å². The van der Waals surface area contributed by atoms with Gasteiger partial charge in [-0.05, 0) is 43.9 Å². The molecule has 0 aliphatic carbocycles. The first-order valence-corrected chi connectivity index (χ1v) is 13.7. The summed E-state index contributed by atoms with van der Waals surface area (Å²) in [6.45, 7) is 9.89. The number of nitrogens with two attached hydrogens (primary N) is 1. The van der Waals surface area contributed by atoms with Gasteiger partial charge in [-0.3, -0.25) is 9.47 Å². The summed E-state index contributed by atoms with van der Waals surface area (Å²) >= 11 is 0. The number of unbranched alkanes of at least 4 members (excludes halogenated alkanes) is 1. The Morgan fingerprint density at radius 3 is 2.49 bits per heavy atom. The molecule has 9 heteroatoms. The van der Waals surface area contributed by atoms with E-state index in [1.807, 2.05) is 4.57 Å². The van der Waals surface area contributed by atoms with Gasteiger partial charge >= 0.3 is 6.01 Å². The van der Waals surface area contributed by atoms with Gasteiger partial charge in [0.1, 0.15) is 0 Å². The van der Waals surface area contributed by atoms with Crippen molar-refractivity contribution in [2.45, 2.75) is 65.0 Å². The predicted octanol–water partition coefficient (Wildman–Crippen LogP) is 3.80. The number of hydrogen-bond acceptors (Lipinski definition) is 8. The predicted molar refractivity (Wildman–Crippen MR) is 148 cm³/mol. The summed E-state index contributed by atoms with van der Waals surface area (Å²) in [5.74, 6) is 0.317. The molecular weight excluding hydrogens is 466 g/mol. The quantitative estimate of drug-likeness (QED) is 0.348. The van der Waals surface area contributed by atoms with Crippen LogP contribution in [0.3, 0.4) is 0 Å². The Hall–Kier alpha value is -2.91. The van der Waals surface area contributed by atoms with Gasteiger partial charge < -0.3 is 20.1 Å². The Labute approximate surface area is 221 Å². The molecule has 2 N–H and O–H groups in total. The number of anilines is 1.